The monoisotopic (exact) mass is 276 g/mol. The Labute approximate surface area is 118 Å². The molecule has 1 atom stereocenters. The van der Waals surface area contributed by atoms with Crippen molar-refractivity contribution in [2.75, 3.05) is 0 Å². The van der Waals surface area contributed by atoms with Gasteiger partial charge in [0.2, 0.25) is 0 Å². The van der Waals surface area contributed by atoms with Crippen molar-refractivity contribution in [3.63, 3.8) is 0 Å². The van der Waals surface area contributed by atoms with Gasteiger partial charge in [0.05, 0.1) is 16.7 Å². The van der Waals surface area contributed by atoms with Gasteiger partial charge in [0.15, 0.2) is 0 Å². The quantitative estimate of drug-likeness (QED) is 0.665. The summed E-state index contributed by atoms with van der Waals surface area (Å²) < 4.78 is 0. The van der Waals surface area contributed by atoms with Gasteiger partial charge in [0.1, 0.15) is 0 Å². The van der Waals surface area contributed by atoms with Crippen LogP contribution < -0.4 is 11.3 Å². The van der Waals surface area contributed by atoms with Crippen molar-refractivity contribution < 1.29 is 0 Å². The van der Waals surface area contributed by atoms with Gasteiger partial charge in [-0.05, 0) is 11.6 Å². The van der Waals surface area contributed by atoms with Crippen molar-refractivity contribution >= 4 is 11.3 Å². The van der Waals surface area contributed by atoms with Gasteiger partial charge in [0.25, 0.3) is 0 Å². The molecule has 0 aliphatic heterocycles. The number of pyridine rings is 1. The van der Waals surface area contributed by atoms with E-state index in [-0.39, 0.29) is 11.5 Å². The average Bonchev–Trinajstić information content (AvgIpc) is 2.85. The summed E-state index contributed by atoms with van der Waals surface area (Å²) in [6.07, 6.45) is 4.38. The molecule has 0 amide bonds. The van der Waals surface area contributed by atoms with E-state index in [0.717, 1.165) is 22.7 Å². The molecule has 19 heavy (non-hydrogen) atoms. The predicted octanol–water partition coefficient (Wildman–Crippen LogP) is 2.58. The molecule has 0 bridgehead atoms. The van der Waals surface area contributed by atoms with Gasteiger partial charge >= 0.3 is 0 Å². The maximum absolute atomic E-state index is 5.64. The van der Waals surface area contributed by atoms with Gasteiger partial charge in [-0.15, -0.1) is 11.3 Å². The van der Waals surface area contributed by atoms with Crippen LogP contribution in [0.3, 0.4) is 0 Å². The third-order valence-corrected chi connectivity index (χ3v) is 3.86. The van der Waals surface area contributed by atoms with Crippen molar-refractivity contribution in [3.05, 3.63) is 46.2 Å². The zero-order valence-electron chi connectivity index (χ0n) is 11.6. The molecular formula is C14H20N4S. The van der Waals surface area contributed by atoms with Gasteiger partial charge < -0.3 is 0 Å². The van der Waals surface area contributed by atoms with E-state index in [1.165, 1.54) is 0 Å². The van der Waals surface area contributed by atoms with Crippen LogP contribution in [0.5, 0.6) is 0 Å². The number of hydrazine groups is 1. The van der Waals surface area contributed by atoms with Crippen LogP contribution in [0.1, 0.15) is 43.1 Å². The van der Waals surface area contributed by atoms with E-state index < -0.39 is 0 Å². The molecule has 102 valence electrons. The topological polar surface area (TPSA) is 63.8 Å². The fourth-order valence-electron chi connectivity index (χ4n) is 1.78. The highest BCUT2D eigenvalue weighted by molar-refractivity contribution is 7.09. The van der Waals surface area contributed by atoms with E-state index in [1.807, 2.05) is 18.3 Å². The Balaban J connectivity index is 2.13. The first-order valence-corrected chi connectivity index (χ1v) is 7.19. The molecule has 0 saturated carbocycles. The van der Waals surface area contributed by atoms with Gasteiger partial charge in [0, 0.05) is 29.6 Å². The lowest BCUT2D eigenvalue weighted by Gasteiger charge is -2.15. The van der Waals surface area contributed by atoms with E-state index in [0.29, 0.717) is 0 Å². The number of hydrogen-bond acceptors (Lipinski definition) is 5. The third kappa shape index (κ3) is 3.59. The zero-order valence-corrected chi connectivity index (χ0v) is 12.4. The summed E-state index contributed by atoms with van der Waals surface area (Å²) in [5.41, 5.74) is 5.15. The summed E-state index contributed by atoms with van der Waals surface area (Å²) in [5.74, 6) is 5.64. The van der Waals surface area contributed by atoms with Gasteiger partial charge in [-0.25, -0.2) is 4.98 Å². The molecule has 3 N–H and O–H groups in total. The smallest absolute Gasteiger partial charge is 0.0948 e. The number of nitrogens with one attached hydrogen (secondary N) is 1. The third-order valence-electron chi connectivity index (χ3n) is 2.99. The lowest BCUT2D eigenvalue weighted by molar-refractivity contribution is 0.540. The van der Waals surface area contributed by atoms with Crippen LogP contribution in [-0.4, -0.2) is 9.97 Å². The first-order valence-electron chi connectivity index (χ1n) is 6.31. The number of hydrogen-bond donors (Lipinski definition) is 2. The summed E-state index contributed by atoms with van der Waals surface area (Å²) in [6.45, 7) is 6.52. The normalized spacial score (nSPS) is 13.5. The van der Waals surface area contributed by atoms with Gasteiger partial charge in [-0.3, -0.25) is 16.3 Å². The van der Waals surface area contributed by atoms with Crippen molar-refractivity contribution in [2.24, 2.45) is 5.84 Å². The van der Waals surface area contributed by atoms with E-state index in [9.17, 15) is 0 Å². The van der Waals surface area contributed by atoms with Gasteiger partial charge in [-0.2, -0.15) is 0 Å². The molecule has 5 heteroatoms. The zero-order chi connectivity index (χ0) is 13.9. The first-order chi connectivity index (χ1) is 9.00. The largest absolute Gasteiger partial charge is 0.271 e. The van der Waals surface area contributed by atoms with Crippen molar-refractivity contribution in [2.45, 2.75) is 38.6 Å². The fourth-order valence-corrected chi connectivity index (χ4v) is 2.85. The average molecular weight is 276 g/mol. The summed E-state index contributed by atoms with van der Waals surface area (Å²) in [4.78, 5) is 8.82. The Morgan fingerprint density at radius 3 is 2.74 bits per heavy atom. The molecule has 2 heterocycles. The van der Waals surface area contributed by atoms with Crippen LogP contribution >= 0.6 is 11.3 Å². The van der Waals surface area contributed by atoms with Crippen LogP contribution in [0.15, 0.2) is 29.9 Å². The SMILES string of the molecule is CC(C)(C)c1csc(CC(NN)c2cccnc2)n1. The molecule has 0 aliphatic carbocycles. The van der Waals surface area contributed by atoms with Crippen LogP contribution in [0, 0.1) is 0 Å². The molecule has 1 unspecified atom stereocenters. The van der Waals surface area contributed by atoms with Crippen LogP contribution in [0.25, 0.3) is 0 Å². The Morgan fingerprint density at radius 2 is 2.21 bits per heavy atom. The lowest BCUT2D eigenvalue weighted by Crippen LogP contribution is -2.29. The summed E-state index contributed by atoms with van der Waals surface area (Å²) >= 11 is 1.69. The lowest BCUT2D eigenvalue weighted by atomic mass is 9.93. The van der Waals surface area contributed by atoms with Crippen molar-refractivity contribution in [1.29, 1.82) is 0 Å². The van der Waals surface area contributed by atoms with Gasteiger partial charge in [-0.1, -0.05) is 26.8 Å². The number of nitrogens with zero attached hydrogens (tertiary/aromatic N) is 2. The Morgan fingerprint density at radius 1 is 1.42 bits per heavy atom. The molecule has 0 radical (unpaired) electrons. The number of rotatable bonds is 4. The van der Waals surface area contributed by atoms with Crippen molar-refractivity contribution in [3.8, 4) is 0 Å². The molecule has 2 rings (SSSR count). The maximum atomic E-state index is 5.64. The minimum atomic E-state index is 0.0488. The molecule has 0 aromatic carbocycles. The number of nitrogens with two attached hydrogens (primary N) is 1. The second-order valence-corrected chi connectivity index (χ2v) is 6.53. The highest BCUT2D eigenvalue weighted by Gasteiger charge is 2.19. The highest BCUT2D eigenvalue weighted by Crippen LogP contribution is 2.26. The van der Waals surface area contributed by atoms with Crippen LogP contribution in [0.2, 0.25) is 0 Å². The summed E-state index contributed by atoms with van der Waals surface area (Å²) in [7, 11) is 0. The highest BCUT2D eigenvalue weighted by atomic mass is 32.1. The van der Waals surface area contributed by atoms with Crippen LogP contribution in [-0.2, 0) is 11.8 Å². The Kier molecular flexibility index (Phi) is 4.29. The molecule has 4 nitrogen and oxygen atoms in total. The second kappa shape index (κ2) is 5.77. The Hall–Kier alpha value is -1.30. The molecule has 0 aliphatic rings. The van der Waals surface area contributed by atoms with E-state index in [1.54, 1.807) is 17.5 Å². The van der Waals surface area contributed by atoms with Crippen molar-refractivity contribution in [1.82, 2.24) is 15.4 Å². The summed E-state index contributed by atoms with van der Waals surface area (Å²) in [5, 5.41) is 3.23. The van der Waals surface area contributed by atoms with Crippen LogP contribution in [0.4, 0.5) is 0 Å². The maximum Gasteiger partial charge on any atom is 0.0948 e. The molecule has 2 aromatic heterocycles. The molecule has 0 fully saturated rings. The minimum Gasteiger partial charge on any atom is -0.271 e. The summed E-state index contributed by atoms with van der Waals surface area (Å²) in [6, 6.07) is 3.99. The van der Waals surface area contributed by atoms with E-state index in [4.69, 9.17) is 10.8 Å². The molecule has 0 spiro atoms. The fraction of sp³-hybridized carbons (Fsp3) is 0.429. The molecule has 0 saturated heterocycles. The first kappa shape index (κ1) is 14.1. The molecule has 2 aromatic rings. The van der Waals surface area contributed by atoms with E-state index >= 15 is 0 Å². The minimum absolute atomic E-state index is 0.0488. The predicted molar refractivity (Wildman–Crippen MR) is 78.8 cm³/mol. The Bertz CT molecular complexity index is 516. The second-order valence-electron chi connectivity index (χ2n) is 5.59. The number of aromatic nitrogens is 2. The number of thiazole rings is 1. The molecular weight excluding hydrogens is 256 g/mol. The standard InChI is InChI=1S/C14H20N4S/c1-14(2,3)12-9-19-13(17-12)7-11(18-15)10-5-4-6-16-8-10/h4-6,8-9,11,18H,7,15H2,1-3H3. The van der Waals surface area contributed by atoms with E-state index in [2.05, 4.69) is 36.6 Å².